The Kier molecular flexibility index (Phi) is 3.09. The number of carbonyl (C=O) groups excluding carboxylic acids is 2. The zero-order chi connectivity index (χ0) is 12.3. The maximum Gasteiger partial charge on any atom is 0.333 e. The van der Waals surface area contributed by atoms with E-state index in [4.69, 9.17) is 4.74 Å². The summed E-state index contributed by atoms with van der Waals surface area (Å²) in [6, 6.07) is 7.25. The molecule has 1 aliphatic heterocycles. The molecule has 0 aromatic heterocycles. The average Bonchev–Trinajstić information content (AvgIpc) is 2.30. The Bertz CT molecular complexity index is 494. The van der Waals surface area contributed by atoms with Crippen molar-refractivity contribution < 1.29 is 14.3 Å². The number of carbonyl (C=O) groups is 2. The fraction of sp³-hybridized carbons (Fsp3) is 0.167. The van der Waals surface area contributed by atoms with Crippen LogP contribution in [0, 0.1) is 0 Å². The van der Waals surface area contributed by atoms with Gasteiger partial charge in [-0.2, -0.15) is 0 Å². The van der Waals surface area contributed by atoms with Gasteiger partial charge in [0.05, 0.1) is 24.1 Å². The summed E-state index contributed by atoms with van der Waals surface area (Å²) in [6.07, 6.45) is 1.15. The van der Waals surface area contributed by atoms with Crippen molar-refractivity contribution in [2.45, 2.75) is 6.92 Å². The smallest absolute Gasteiger partial charge is 0.333 e. The Balaban J connectivity index is 2.23. The third kappa shape index (κ3) is 2.44. The third-order valence-electron chi connectivity index (χ3n) is 2.24. The van der Waals surface area contributed by atoms with Crippen LogP contribution in [0.3, 0.4) is 0 Å². The lowest BCUT2D eigenvalue weighted by molar-refractivity contribution is -0.137. The van der Waals surface area contributed by atoms with E-state index in [0.29, 0.717) is 5.69 Å². The fourth-order valence-corrected chi connectivity index (χ4v) is 1.50. The van der Waals surface area contributed by atoms with Crippen molar-refractivity contribution in [2.24, 2.45) is 0 Å². The summed E-state index contributed by atoms with van der Waals surface area (Å²) in [7, 11) is 0. The van der Waals surface area contributed by atoms with Gasteiger partial charge in [0, 0.05) is 0 Å². The molecule has 0 saturated carbocycles. The highest BCUT2D eigenvalue weighted by molar-refractivity contribution is 6.13. The first kappa shape index (κ1) is 11.2. The monoisotopic (exact) mass is 232 g/mol. The predicted molar refractivity (Wildman–Crippen MR) is 63.4 cm³/mol. The Morgan fingerprint density at radius 1 is 1.29 bits per heavy atom. The summed E-state index contributed by atoms with van der Waals surface area (Å²) >= 11 is 0. The van der Waals surface area contributed by atoms with Gasteiger partial charge in [0.2, 0.25) is 0 Å². The van der Waals surface area contributed by atoms with Crippen molar-refractivity contribution in [1.29, 1.82) is 0 Å². The van der Waals surface area contributed by atoms with E-state index in [2.05, 4.69) is 10.6 Å². The Hall–Kier alpha value is -2.30. The Labute approximate surface area is 98.5 Å². The van der Waals surface area contributed by atoms with E-state index >= 15 is 0 Å². The average molecular weight is 232 g/mol. The molecular formula is C12H12N2O3. The zero-order valence-electron chi connectivity index (χ0n) is 9.32. The number of amides is 1. The molecule has 5 nitrogen and oxygen atoms in total. The van der Waals surface area contributed by atoms with Gasteiger partial charge in [0.1, 0.15) is 5.70 Å². The second-order valence-electron chi connectivity index (χ2n) is 3.43. The molecular weight excluding hydrogens is 220 g/mol. The summed E-state index contributed by atoms with van der Waals surface area (Å²) < 4.78 is 4.75. The van der Waals surface area contributed by atoms with Crippen LogP contribution in [0.2, 0.25) is 0 Å². The first-order valence-corrected chi connectivity index (χ1v) is 5.26. The van der Waals surface area contributed by atoms with E-state index < -0.39 is 5.97 Å². The summed E-state index contributed by atoms with van der Waals surface area (Å²) in [5.41, 5.74) is 1.63. The minimum Gasteiger partial charge on any atom is -0.463 e. The molecule has 0 radical (unpaired) electrons. The molecule has 1 heterocycles. The molecule has 2 N–H and O–H groups in total. The molecule has 17 heavy (non-hydrogen) atoms. The molecule has 1 aromatic rings. The molecule has 1 amide bonds. The number of hydrogen-bond acceptors (Lipinski definition) is 4. The number of nitrogens with one attached hydrogen (secondary N) is 2. The number of anilines is 2. The van der Waals surface area contributed by atoms with E-state index in [-0.39, 0.29) is 18.2 Å². The highest BCUT2D eigenvalue weighted by Gasteiger charge is 2.19. The lowest BCUT2D eigenvalue weighted by Gasteiger charge is -2.20. The van der Waals surface area contributed by atoms with Crippen LogP contribution in [0.25, 0.3) is 0 Å². The minimum atomic E-state index is -0.537. The van der Waals surface area contributed by atoms with E-state index in [1.165, 1.54) is 0 Å². The molecule has 88 valence electrons. The van der Waals surface area contributed by atoms with Crippen LogP contribution in [-0.2, 0) is 14.3 Å². The van der Waals surface area contributed by atoms with Gasteiger partial charge in [-0.05, 0) is 19.1 Å². The van der Waals surface area contributed by atoms with E-state index in [0.717, 1.165) is 11.8 Å². The van der Waals surface area contributed by atoms with Crippen LogP contribution in [0.15, 0.2) is 36.0 Å². The molecule has 1 aliphatic rings. The first-order chi connectivity index (χ1) is 8.20. The second-order valence-corrected chi connectivity index (χ2v) is 3.43. The van der Waals surface area contributed by atoms with Crippen LogP contribution in [0.1, 0.15) is 6.92 Å². The highest BCUT2D eigenvalue weighted by Crippen LogP contribution is 2.26. The van der Waals surface area contributed by atoms with Crippen molar-refractivity contribution in [3.63, 3.8) is 0 Å². The molecule has 0 saturated heterocycles. The number of esters is 1. The molecule has 0 atom stereocenters. The van der Waals surface area contributed by atoms with Crippen LogP contribution >= 0.6 is 0 Å². The molecule has 5 heteroatoms. The predicted octanol–water partition coefficient (Wildman–Crippen LogP) is 1.50. The Morgan fingerprint density at radius 3 is 2.59 bits per heavy atom. The van der Waals surface area contributed by atoms with Crippen molar-refractivity contribution in [3.05, 3.63) is 36.0 Å². The largest absolute Gasteiger partial charge is 0.463 e. The van der Waals surface area contributed by atoms with Crippen LogP contribution in [0.4, 0.5) is 11.4 Å². The lowest BCUT2D eigenvalue weighted by atomic mass is 10.2. The number of hydrogen-bond donors (Lipinski definition) is 2. The van der Waals surface area contributed by atoms with Gasteiger partial charge in [0.25, 0.3) is 5.91 Å². The Morgan fingerprint density at radius 2 is 1.94 bits per heavy atom. The van der Waals surface area contributed by atoms with Crippen LogP contribution in [-0.4, -0.2) is 18.5 Å². The maximum atomic E-state index is 11.6. The molecule has 0 bridgehead atoms. The summed E-state index contributed by atoms with van der Waals surface area (Å²) in [5, 5.41) is 5.56. The lowest BCUT2D eigenvalue weighted by Crippen LogP contribution is -2.26. The van der Waals surface area contributed by atoms with Gasteiger partial charge < -0.3 is 15.4 Å². The standard InChI is InChI=1S/C12H12N2O3/c1-2-17-11(15)7-10-12(16)14-9-6-4-3-5-8(9)13-10/h3-7,13H,2H2,1H3,(H,14,16)/b10-7+. The minimum absolute atomic E-state index is 0.183. The van der Waals surface area contributed by atoms with Gasteiger partial charge in [-0.3, -0.25) is 4.79 Å². The SMILES string of the molecule is CCOC(=O)/C=C1/Nc2ccccc2NC1=O. The van der Waals surface area contributed by atoms with E-state index in [1.54, 1.807) is 13.0 Å². The number of ether oxygens (including phenoxy) is 1. The van der Waals surface area contributed by atoms with Gasteiger partial charge >= 0.3 is 5.97 Å². The van der Waals surface area contributed by atoms with Crippen LogP contribution < -0.4 is 10.6 Å². The topological polar surface area (TPSA) is 67.4 Å². The molecule has 0 fully saturated rings. The van der Waals surface area contributed by atoms with Crippen LogP contribution in [0.5, 0.6) is 0 Å². The second kappa shape index (κ2) is 4.69. The number of rotatable bonds is 2. The normalized spacial score (nSPS) is 15.8. The van der Waals surface area contributed by atoms with Gasteiger partial charge in [-0.15, -0.1) is 0 Å². The first-order valence-electron chi connectivity index (χ1n) is 5.26. The van der Waals surface area contributed by atoms with Gasteiger partial charge in [-0.25, -0.2) is 4.79 Å². The van der Waals surface area contributed by atoms with Gasteiger partial charge in [0.15, 0.2) is 0 Å². The fourth-order valence-electron chi connectivity index (χ4n) is 1.50. The highest BCUT2D eigenvalue weighted by atomic mass is 16.5. The molecule has 0 spiro atoms. The van der Waals surface area contributed by atoms with Gasteiger partial charge in [-0.1, -0.05) is 12.1 Å². The molecule has 0 unspecified atom stereocenters. The summed E-state index contributed by atoms with van der Waals surface area (Å²) in [6.45, 7) is 1.99. The number of fused-ring (bicyclic) bond motifs is 1. The zero-order valence-corrected chi connectivity index (χ0v) is 9.32. The summed E-state index contributed by atoms with van der Waals surface area (Å²) in [5.74, 6) is -0.888. The summed E-state index contributed by atoms with van der Waals surface area (Å²) in [4.78, 5) is 22.9. The molecule has 2 rings (SSSR count). The third-order valence-corrected chi connectivity index (χ3v) is 2.24. The molecule has 1 aromatic carbocycles. The maximum absolute atomic E-state index is 11.6. The number of benzene rings is 1. The van der Waals surface area contributed by atoms with Crippen molar-refractivity contribution in [1.82, 2.24) is 0 Å². The van der Waals surface area contributed by atoms with E-state index in [9.17, 15) is 9.59 Å². The van der Waals surface area contributed by atoms with Crippen molar-refractivity contribution >= 4 is 23.3 Å². The number of para-hydroxylation sites is 2. The molecule has 0 aliphatic carbocycles. The van der Waals surface area contributed by atoms with Crippen molar-refractivity contribution in [3.8, 4) is 0 Å². The van der Waals surface area contributed by atoms with E-state index in [1.807, 2.05) is 18.2 Å². The van der Waals surface area contributed by atoms with Crippen molar-refractivity contribution in [2.75, 3.05) is 17.2 Å². The quantitative estimate of drug-likeness (QED) is 0.599.